The summed E-state index contributed by atoms with van der Waals surface area (Å²) in [6, 6.07) is 16.6. The summed E-state index contributed by atoms with van der Waals surface area (Å²) in [7, 11) is 0. The van der Waals surface area contributed by atoms with Gasteiger partial charge in [-0.2, -0.15) is 0 Å². The molecule has 2 unspecified atom stereocenters. The predicted molar refractivity (Wildman–Crippen MR) is 69.8 cm³/mol. The van der Waals surface area contributed by atoms with Crippen LogP contribution in [-0.4, -0.2) is 11.9 Å². The van der Waals surface area contributed by atoms with Crippen molar-refractivity contribution in [3.05, 3.63) is 70.7 Å². The van der Waals surface area contributed by atoms with E-state index in [-0.39, 0.29) is 18.0 Å². The van der Waals surface area contributed by atoms with E-state index < -0.39 is 0 Å². The van der Waals surface area contributed by atoms with Crippen molar-refractivity contribution in [2.75, 3.05) is 0 Å². The number of rotatable bonds is 3. The standard InChI is InChI=1S/C15H11ClO2/c16-12-8-6-11(7-9-12)14-15(18-14)13(17)10-4-2-1-3-5-10/h1-9,14-15H. The van der Waals surface area contributed by atoms with E-state index in [4.69, 9.17) is 16.3 Å². The Morgan fingerprint density at radius 1 is 1.00 bits per heavy atom. The van der Waals surface area contributed by atoms with Crippen molar-refractivity contribution < 1.29 is 9.53 Å². The third-order valence-corrected chi connectivity index (χ3v) is 3.26. The van der Waals surface area contributed by atoms with Crippen molar-refractivity contribution in [2.45, 2.75) is 12.2 Å². The lowest BCUT2D eigenvalue weighted by molar-refractivity contribution is 0.0953. The van der Waals surface area contributed by atoms with Gasteiger partial charge in [0.15, 0.2) is 11.9 Å². The van der Waals surface area contributed by atoms with Crippen molar-refractivity contribution in [1.29, 1.82) is 0 Å². The maximum absolute atomic E-state index is 12.1. The minimum Gasteiger partial charge on any atom is -0.356 e. The Morgan fingerprint density at radius 2 is 1.67 bits per heavy atom. The number of Topliss-reactive ketones (excluding diaryl/α,β-unsaturated/α-hetero) is 1. The fraction of sp³-hybridized carbons (Fsp3) is 0.133. The van der Waals surface area contributed by atoms with Crippen LogP contribution in [0.2, 0.25) is 5.02 Å². The molecule has 90 valence electrons. The van der Waals surface area contributed by atoms with Gasteiger partial charge in [0.25, 0.3) is 0 Å². The van der Waals surface area contributed by atoms with Crippen molar-refractivity contribution in [3.8, 4) is 0 Å². The molecule has 3 heteroatoms. The van der Waals surface area contributed by atoms with E-state index in [2.05, 4.69) is 0 Å². The molecule has 2 aromatic carbocycles. The zero-order chi connectivity index (χ0) is 12.5. The molecule has 0 saturated carbocycles. The quantitative estimate of drug-likeness (QED) is 0.621. The molecule has 18 heavy (non-hydrogen) atoms. The Labute approximate surface area is 110 Å². The van der Waals surface area contributed by atoms with Crippen molar-refractivity contribution in [3.63, 3.8) is 0 Å². The highest BCUT2D eigenvalue weighted by molar-refractivity contribution is 6.30. The minimum atomic E-state index is -0.353. The molecule has 0 aromatic heterocycles. The minimum absolute atomic E-state index is 0.0375. The molecule has 1 aliphatic heterocycles. The average molecular weight is 259 g/mol. The fourth-order valence-corrected chi connectivity index (χ4v) is 2.11. The number of hydrogen-bond acceptors (Lipinski definition) is 2. The Hall–Kier alpha value is -1.64. The highest BCUT2D eigenvalue weighted by Gasteiger charge is 2.45. The smallest absolute Gasteiger partial charge is 0.194 e. The topological polar surface area (TPSA) is 29.6 Å². The Balaban J connectivity index is 1.75. The van der Waals surface area contributed by atoms with Gasteiger partial charge in [0.05, 0.1) is 0 Å². The largest absolute Gasteiger partial charge is 0.356 e. The molecule has 0 radical (unpaired) electrons. The lowest BCUT2D eigenvalue weighted by Crippen LogP contribution is -2.07. The van der Waals surface area contributed by atoms with E-state index in [0.29, 0.717) is 10.6 Å². The van der Waals surface area contributed by atoms with Crippen LogP contribution in [0.15, 0.2) is 54.6 Å². The molecule has 0 aliphatic carbocycles. The van der Waals surface area contributed by atoms with Gasteiger partial charge in [0.2, 0.25) is 0 Å². The van der Waals surface area contributed by atoms with Gasteiger partial charge >= 0.3 is 0 Å². The third kappa shape index (κ3) is 2.17. The first-order valence-electron chi connectivity index (χ1n) is 5.76. The van der Waals surface area contributed by atoms with Crippen LogP contribution >= 0.6 is 11.6 Å². The Morgan fingerprint density at radius 3 is 2.33 bits per heavy atom. The first kappa shape index (κ1) is 11.5. The molecule has 2 atom stereocenters. The number of benzene rings is 2. The van der Waals surface area contributed by atoms with Crippen LogP contribution in [0.5, 0.6) is 0 Å². The highest BCUT2D eigenvalue weighted by atomic mass is 35.5. The van der Waals surface area contributed by atoms with E-state index in [1.54, 1.807) is 0 Å². The summed E-state index contributed by atoms with van der Waals surface area (Å²) in [5.41, 5.74) is 1.69. The summed E-state index contributed by atoms with van der Waals surface area (Å²) in [5.74, 6) is 0.0375. The Kier molecular flexibility index (Phi) is 2.90. The van der Waals surface area contributed by atoms with Crippen LogP contribution in [0.1, 0.15) is 22.0 Å². The van der Waals surface area contributed by atoms with Crippen LogP contribution in [0.4, 0.5) is 0 Å². The second kappa shape index (κ2) is 4.56. The zero-order valence-corrected chi connectivity index (χ0v) is 10.3. The summed E-state index contributed by atoms with van der Waals surface area (Å²) >= 11 is 5.82. The third-order valence-electron chi connectivity index (χ3n) is 3.01. The first-order chi connectivity index (χ1) is 8.75. The summed E-state index contributed by atoms with van der Waals surface area (Å²) in [4.78, 5) is 12.1. The Bertz CT molecular complexity index is 563. The van der Waals surface area contributed by atoms with Gasteiger partial charge < -0.3 is 4.74 Å². The summed E-state index contributed by atoms with van der Waals surface area (Å²) in [6.45, 7) is 0. The molecule has 2 aromatic rings. The first-order valence-corrected chi connectivity index (χ1v) is 6.14. The van der Waals surface area contributed by atoms with E-state index >= 15 is 0 Å². The van der Waals surface area contributed by atoms with Crippen LogP contribution in [0.25, 0.3) is 0 Å². The average Bonchev–Trinajstić information content (AvgIpc) is 3.20. The van der Waals surface area contributed by atoms with Crippen LogP contribution in [0.3, 0.4) is 0 Å². The molecule has 2 nitrogen and oxygen atoms in total. The van der Waals surface area contributed by atoms with E-state index in [1.807, 2.05) is 54.6 Å². The summed E-state index contributed by atoms with van der Waals surface area (Å²) in [5, 5.41) is 0.685. The number of epoxide rings is 1. The molecule has 1 fully saturated rings. The normalized spacial score (nSPS) is 21.6. The monoisotopic (exact) mass is 258 g/mol. The zero-order valence-electron chi connectivity index (χ0n) is 9.55. The number of halogens is 1. The number of ether oxygens (including phenoxy) is 1. The van der Waals surface area contributed by atoms with E-state index in [0.717, 1.165) is 5.56 Å². The number of ketones is 1. The molecule has 1 saturated heterocycles. The lowest BCUT2D eigenvalue weighted by atomic mass is 10.0. The number of carbonyl (C=O) groups excluding carboxylic acids is 1. The van der Waals surface area contributed by atoms with Crippen molar-refractivity contribution in [2.24, 2.45) is 0 Å². The summed E-state index contributed by atoms with van der Waals surface area (Å²) < 4.78 is 5.47. The molecule has 1 heterocycles. The molecular formula is C15H11ClO2. The second-order valence-corrected chi connectivity index (χ2v) is 4.70. The van der Waals surface area contributed by atoms with Crippen LogP contribution in [-0.2, 0) is 4.74 Å². The van der Waals surface area contributed by atoms with E-state index in [9.17, 15) is 4.79 Å². The predicted octanol–water partition coefficient (Wildman–Crippen LogP) is 3.66. The number of hydrogen-bond donors (Lipinski definition) is 0. The molecule has 1 aliphatic rings. The van der Waals surface area contributed by atoms with Gasteiger partial charge in [-0.3, -0.25) is 4.79 Å². The molecule has 0 N–H and O–H groups in total. The lowest BCUT2D eigenvalue weighted by Gasteiger charge is -1.97. The van der Waals surface area contributed by atoms with Gasteiger partial charge in [-0.05, 0) is 17.7 Å². The van der Waals surface area contributed by atoms with Gasteiger partial charge in [0, 0.05) is 10.6 Å². The molecular weight excluding hydrogens is 248 g/mol. The molecule has 0 amide bonds. The molecule has 0 bridgehead atoms. The number of carbonyl (C=O) groups is 1. The SMILES string of the molecule is O=C(c1ccccc1)C1OC1c1ccc(Cl)cc1. The fourth-order valence-electron chi connectivity index (χ4n) is 1.98. The molecule has 3 rings (SSSR count). The van der Waals surface area contributed by atoms with Gasteiger partial charge in [-0.1, -0.05) is 54.1 Å². The maximum atomic E-state index is 12.1. The van der Waals surface area contributed by atoms with Crippen LogP contribution in [0, 0.1) is 0 Å². The van der Waals surface area contributed by atoms with Gasteiger partial charge in [-0.25, -0.2) is 0 Å². The maximum Gasteiger partial charge on any atom is 0.194 e. The summed E-state index contributed by atoms with van der Waals surface area (Å²) in [6.07, 6.45) is -0.483. The van der Waals surface area contributed by atoms with Crippen molar-refractivity contribution >= 4 is 17.4 Å². The molecule has 0 spiro atoms. The van der Waals surface area contributed by atoms with Crippen LogP contribution < -0.4 is 0 Å². The van der Waals surface area contributed by atoms with Gasteiger partial charge in [-0.15, -0.1) is 0 Å². The van der Waals surface area contributed by atoms with Gasteiger partial charge in [0.1, 0.15) is 6.10 Å². The second-order valence-electron chi connectivity index (χ2n) is 4.26. The van der Waals surface area contributed by atoms with Crippen molar-refractivity contribution in [1.82, 2.24) is 0 Å². The van der Waals surface area contributed by atoms with E-state index in [1.165, 1.54) is 0 Å². The highest BCUT2D eigenvalue weighted by Crippen LogP contribution is 2.40.